The predicted octanol–water partition coefficient (Wildman–Crippen LogP) is 4.93. The molecule has 0 saturated heterocycles. The molecule has 2 N–H and O–H groups in total. The second-order valence-electron chi connectivity index (χ2n) is 5.75. The van der Waals surface area contributed by atoms with E-state index in [1.807, 2.05) is 6.07 Å². The quantitative estimate of drug-likeness (QED) is 0.833. The maximum Gasteiger partial charge on any atom is 0.0571 e. The van der Waals surface area contributed by atoms with Gasteiger partial charge < -0.3 is 5.73 Å². The number of nitrogens with two attached hydrogens (primary N) is 1. The molecule has 2 heteroatoms. The fraction of sp³-hybridized carbons (Fsp3) is 0.333. The van der Waals surface area contributed by atoms with Gasteiger partial charge in [-0.1, -0.05) is 35.4 Å². The van der Waals surface area contributed by atoms with Crippen molar-refractivity contribution in [1.29, 1.82) is 0 Å². The molecule has 0 bridgehead atoms. The lowest BCUT2D eigenvalue weighted by Crippen LogP contribution is -2.16. The first-order valence-corrected chi connectivity index (χ1v) is 7.29. The van der Waals surface area contributed by atoms with E-state index in [4.69, 9.17) is 17.3 Å². The zero-order valence-corrected chi connectivity index (χ0v) is 13.6. The number of hydrogen-bond acceptors (Lipinski definition) is 1. The summed E-state index contributed by atoms with van der Waals surface area (Å²) in [5, 5.41) is 0.750. The molecule has 0 aliphatic carbocycles. The number of hydrogen-bond donors (Lipinski definition) is 1. The van der Waals surface area contributed by atoms with E-state index in [0.29, 0.717) is 0 Å². The Kier molecular flexibility index (Phi) is 4.22. The van der Waals surface area contributed by atoms with Crippen LogP contribution in [0.5, 0.6) is 0 Å². The zero-order chi connectivity index (χ0) is 15.0. The van der Waals surface area contributed by atoms with Crippen LogP contribution in [-0.4, -0.2) is 0 Å². The third-order valence-electron chi connectivity index (χ3n) is 4.00. The Hall–Kier alpha value is -1.31. The normalized spacial score (nSPS) is 12.6. The van der Waals surface area contributed by atoms with Crippen LogP contribution in [-0.2, 0) is 0 Å². The predicted molar refractivity (Wildman–Crippen MR) is 87.6 cm³/mol. The third kappa shape index (κ3) is 2.74. The second-order valence-corrected chi connectivity index (χ2v) is 6.16. The summed E-state index contributed by atoms with van der Waals surface area (Å²) >= 11 is 6.40. The highest BCUT2D eigenvalue weighted by Crippen LogP contribution is 2.32. The number of aryl methyl sites for hydroxylation is 5. The van der Waals surface area contributed by atoms with Gasteiger partial charge in [-0.3, -0.25) is 0 Å². The molecular weight excluding hydrogens is 266 g/mol. The van der Waals surface area contributed by atoms with Crippen LogP contribution in [0.2, 0.25) is 5.02 Å². The minimum Gasteiger partial charge on any atom is -0.320 e. The maximum absolute atomic E-state index is 6.50. The van der Waals surface area contributed by atoms with Gasteiger partial charge in [0.1, 0.15) is 0 Å². The van der Waals surface area contributed by atoms with E-state index in [1.165, 1.54) is 33.4 Å². The van der Waals surface area contributed by atoms with Crippen molar-refractivity contribution in [2.45, 2.75) is 40.7 Å². The Labute approximate surface area is 126 Å². The fourth-order valence-electron chi connectivity index (χ4n) is 2.88. The summed E-state index contributed by atoms with van der Waals surface area (Å²) in [6, 6.07) is 8.29. The van der Waals surface area contributed by atoms with Gasteiger partial charge in [-0.25, -0.2) is 0 Å². The van der Waals surface area contributed by atoms with Crippen molar-refractivity contribution < 1.29 is 0 Å². The van der Waals surface area contributed by atoms with E-state index in [9.17, 15) is 0 Å². The van der Waals surface area contributed by atoms with Gasteiger partial charge in [-0.15, -0.1) is 0 Å². The first-order chi connectivity index (χ1) is 9.31. The molecule has 0 fully saturated rings. The van der Waals surface area contributed by atoms with Gasteiger partial charge in [-0.2, -0.15) is 0 Å². The highest BCUT2D eigenvalue weighted by molar-refractivity contribution is 6.31. The monoisotopic (exact) mass is 287 g/mol. The summed E-state index contributed by atoms with van der Waals surface area (Å²) in [4.78, 5) is 0. The molecule has 20 heavy (non-hydrogen) atoms. The van der Waals surface area contributed by atoms with Crippen molar-refractivity contribution in [3.63, 3.8) is 0 Å². The molecular formula is C18H22ClN. The van der Waals surface area contributed by atoms with Gasteiger partial charge in [0.2, 0.25) is 0 Å². The van der Waals surface area contributed by atoms with E-state index in [2.05, 4.69) is 52.8 Å². The van der Waals surface area contributed by atoms with E-state index >= 15 is 0 Å². The summed E-state index contributed by atoms with van der Waals surface area (Å²) in [6.45, 7) is 10.5. The van der Waals surface area contributed by atoms with Gasteiger partial charge in [0, 0.05) is 5.02 Å². The van der Waals surface area contributed by atoms with Crippen LogP contribution in [0.25, 0.3) is 0 Å². The molecule has 0 aliphatic rings. The smallest absolute Gasteiger partial charge is 0.0571 e. The summed E-state index contributed by atoms with van der Waals surface area (Å²) < 4.78 is 0. The largest absolute Gasteiger partial charge is 0.320 e. The summed E-state index contributed by atoms with van der Waals surface area (Å²) in [6.07, 6.45) is 0. The van der Waals surface area contributed by atoms with Gasteiger partial charge in [0.15, 0.2) is 0 Å². The van der Waals surface area contributed by atoms with Crippen molar-refractivity contribution in [3.8, 4) is 0 Å². The molecule has 0 spiro atoms. The summed E-state index contributed by atoms with van der Waals surface area (Å²) in [7, 11) is 0. The number of rotatable bonds is 2. The minimum absolute atomic E-state index is 0.178. The van der Waals surface area contributed by atoms with E-state index in [-0.39, 0.29) is 6.04 Å². The minimum atomic E-state index is -0.178. The third-order valence-corrected chi connectivity index (χ3v) is 4.32. The van der Waals surface area contributed by atoms with E-state index in [0.717, 1.165) is 10.6 Å². The average Bonchev–Trinajstić information content (AvgIpc) is 2.32. The molecule has 0 aliphatic heterocycles. The van der Waals surface area contributed by atoms with Crippen LogP contribution in [0.3, 0.4) is 0 Å². The van der Waals surface area contributed by atoms with Crippen molar-refractivity contribution in [1.82, 2.24) is 0 Å². The molecule has 1 nitrogen and oxygen atoms in total. The zero-order valence-electron chi connectivity index (χ0n) is 12.8. The lowest BCUT2D eigenvalue weighted by atomic mass is 9.89. The van der Waals surface area contributed by atoms with Crippen LogP contribution in [0.4, 0.5) is 0 Å². The molecule has 2 aromatic rings. The van der Waals surface area contributed by atoms with Gasteiger partial charge >= 0.3 is 0 Å². The Morgan fingerprint density at radius 2 is 1.30 bits per heavy atom. The van der Waals surface area contributed by atoms with Gasteiger partial charge in [0.25, 0.3) is 0 Å². The summed E-state index contributed by atoms with van der Waals surface area (Å²) in [5.74, 6) is 0. The first kappa shape index (κ1) is 15.1. The van der Waals surface area contributed by atoms with Crippen LogP contribution in [0.1, 0.15) is 45.0 Å². The molecule has 2 aromatic carbocycles. The molecule has 1 unspecified atom stereocenters. The first-order valence-electron chi connectivity index (χ1n) is 6.91. The van der Waals surface area contributed by atoms with Gasteiger partial charge in [-0.05, 0) is 74.1 Å². The van der Waals surface area contributed by atoms with Crippen molar-refractivity contribution >= 4 is 11.6 Å². The molecule has 0 saturated carbocycles. The van der Waals surface area contributed by atoms with E-state index < -0.39 is 0 Å². The molecule has 106 valence electrons. The lowest BCUT2D eigenvalue weighted by Gasteiger charge is -2.21. The Bertz CT molecular complexity index is 636. The Morgan fingerprint density at radius 3 is 1.85 bits per heavy atom. The van der Waals surface area contributed by atoms with Gasteiger partial charge in [0.05, 0.1) is 6.04 Å². The Balaban J connectivity index is 2.57. The molecule has 0 radical (unpaired) electrons. The van der Waals surface area contributed by atoms with Crippen LogP contribution < -0.4 is 5.73 Å². The standard InChI is InChI=1S/C18H22ClN/c1-10-6-13(4)17(14(5)7-10)18(20)15-8-11(2)12(3)9-16(15)19/h6-9,18H,20H2,1-5H3. The van der Waals surface area contributed by atoms with Crippen LogP contribution >= 0.6 is 11.6 Å². The van der Waals surface area contributed by atoms with Crippen molar-refractivity contribution in [2.24, 2.45) is 5.73 Å². The van der Waals surface area contributed by atoms with Crippen molar-refractivity contribution in [2.75, 3.05) is 0 Å². The topological polar surface area (TPSA) is 26.0 Å². The Morgan fingerprint density at radius 1 is 0.800 bits per heavy atom. The molecule has 0 amide bonds. The molecule has 0 aromatic heterocycles. The van der Waals surface area contributed by atoms with Crippen molar-refractivity contribution in [3.05, 3.63) is 68.2 Å². The lowest BCUT2D eigenvalue weighted by molar-refractivity contribution is 0.848. The average molecular weight is 288 g/mol. The highest BCUT2D eigenvalue weighted by atomic mass is 35.5. The highest BCUT2D eigenvalue weighted by Gasteiger charge is 2.18. The van der Waals surface area contributed by atoms with Crippen LogP contribution in [0, 0.1) is 34.6 Å². The van der Waals surface area contributed by atoms with Crippen LogP contribution in [0.15, 0.2) is 24.3 Å². The fourth-order valence-corrected chi connectivity index (χ4v) is 3.21. The molecule has 2 rings (SSSR count). The second kappa shape index (κ2) is 5.59. The number of halogens is 1. The van der Waals surface area contributed by atoms with E-state index in [1.54, 1.807) is 0 Å². The number of benzene rings is 2. The molecule has 0 heterocycles. The molecule has 1 atom stereocenters. The maximum atomic E-state index is 6.50. The summed E-state index contributed by atoms with van der Waals surface area (Å²) in [5.41, 5.74) is 14.8. The SMILES string of the molecule is Cc1cc(C)c(C(N)c2cc(C)c(C)cc2Cl)c(C)c1.